The summed E-state index contributed by atoms with van der Waals surface area (Å²) in [5.74, 6) is -1.31. The predicted octanol–water partition coefficient (Wildman–Crippen LogP) is 1.33. The van der Waals surface area contributed by atoms with Crippen molar-refractivity contribution < 1.29 is 9.59 Å². The van der Waals surface area contributed by atoms with Crippen molar-refractivity contribution in [3.8, 4) is 6.07 Å². The van der Waals surface area contributed by atoms with Crippen LogP contribution in [0.15, 0.2) is 30.3 Å². The van der Waals surface area contributed by atoms with Crippen LogP contribution in [-0.4, -0.2) is 24.9 Å². The zero-order chi connectivity index (χ0) is 14.8. The van der Waals surface area contributed by atoms with Crippen molar-refractivity contribution in [2.45, 2.75) is 25.7 Å². The molecular weight excluding hydrogens is 254 g/mol. The van der Waals surface area contributed by atoms with Gasteiger partial charge in [-0.05, 0) is 12.0 Å². The summed E-state index contributed by atoms with van der Waals surface area (Å²) in [5.41, 5.74) is 0.655. The Hall–Kier alpha value is -2.35. The van der Waals surface area contributed by atoms with E-state index in [9.17, 15) is 9.59 Å². The summed E-state index contributed by atoms with van der Waals surface area (Å²) in [6, 6.07) is 10.8. The van der Waals surface area contributed by atoms with E-state index in [1.807, 2.05) is 19.1 Å². The second-order valence-corrected chi connectivity index (χ2v) is 4.36. The fourth-order valence-electron chi connectivity index (χ4n) is 1.68. The first-order valence-corrected chi connectivity index (χ1v) is 6.68. The van der Waals surface area contributed by atoms with Gasteiger partial charge in [0.2, 0.25) is 11.8 Å². The summed E-state index contributed by atoms with van der Waals surface area (Å²) < 4.78 is 0. The van der Waals surface area contributed by atoms with Crippen molar-refractivity contribution in [3.05, 3.63) is 35.9 Å². The van der Waals surface area contributed by atoms with Crippen molar-refractivity contribution in [3.63, 3.8) is 0 Å². The molecule has 5 nitrogen and oxygen atoms in total. The number of nitrogens with one attached hydrogen (secondary N) is 2. The Morgan fingerprint density at radius 2 is 1.90 bits per heavy atom. The molecule has 0 aliphatic heterocycles. The lowest BCUT2D eigenvalue weighted by Gasteiger charge is -2.10. The minimum Gasteiger partial charge on any atom is -0.356 e. The lowest BCUT2D eigenvalue weighted by atomic mass is 10.00. The van der Waals surface area contributed by atoms with Crippen molar-refractivity contribution in [2.75, 3.05) is 13.1 Å². The number of amides is 2. The molecule has 0 aliphatic rings. The van der Waals surface area contributed by atoms with E-state index in [2.05, 4.69) is 10.6 Å². The standard InChI is InChI=1S/C15H19N3O2/c1-2-9-17-14(19)8-10-18-15(20)13(11-16)12-6-4-3-5-7-12/h3-7,13H,2,8-10H2,1H3,(H,17,19)(H,18,20). The van der Waals surface area contributed by atoms with Gasteiger partial charge >= 0.3 is 0 Å². The van der Waals surface area contributed by atoms with E-state index in [-0.39, 0.29) is 24.8 Å². The van der Waals surface area contributed by atoms with Crippen molar-refractivity contribution in [1.82, 2.24) is 10.6 Å². The number of hydrogen-bond donors (Lipinski definition) is 2. The minimum absolute atomic E-state index is 0.0969. The fourth-order valence-corrected chi connectivity index (χ4v) is 1.68. The number of nitrogens with zero attached hydrogens (tertiary/aromatic N) is 1. The minimum atomic E-state index is -0.838. The first-order chi connectivity index (χ1) is 9.69. The van der Waals surface area contributed by atoms with Gasteiger partial charge in [0.05, 0.1) is 6.07 Å². The molecule has 106 valence electrons. The molecule has 0 radical (unpaired) electrons. The van der Waals surface area contributed by atoms with Crippen molar-refractivity contribution >= 4 is 11.8 Å². The van der Waals surface area contributed by atoms with Crippen LogP contribution in [0.3, 0.4) is 0 Å². The van der Waals surface area contributed by atoms with Gasteiger partial charge in [0, 0.05) is 19.5 Å². The average Bonchev–Trinajstić information content (AvgIpc) is 2.47. The molecule has 1 aromatic carbocycles. The molecule has 1 atom stereocenters. The summed E-state index contributed by atoms with van der Waals surface area (Å²) in [7, 11) is 0. The molecule has 1 unspecified atom stereocenters. The van der Waals surface area contributed by atoms with E-state index in [0.717, 1.165) is 6.42 Å². The molecular formula is C15H19N3O2. The van der Waals surface area contributed by atoms with E-state index >= 15 is 0 Å². The van der Waals surface area contributed by atoms with Crippen molar-refractivity contribution in [1.29, 1.82) is 5.26 Å². The molecule has 2 amide bonds. The van der Waals surface area contributed by atoms with Gasteiger partial charge in [0.15, 0.2) is 0 Å². The monoisotopic (exact) mass is 273 g/mol. The highest BCUT2D eigenvalue weighted by molar-refractivity contribution is 5.86. The van der Waals surface area contributed by atoms with Gasteiger partial charge in [-0.25, -0.2) is 0 Å². The summed E-state index contributed by atoms with van der Waals surface area (Å²) in [5, 5.41) is 14.4. The molecule has 0 saturated heterocycles. The lowest BCUT2D eigenvalue weighted by molar-refractivity contribution is -0.122. The Bertz CT molecular complexity index is 480. The maximum Gasteiger partial charge on any atom is 0.241 e. The average molecular weight is 273 g/mol. The molecule has 0 bridgehead atoms. The number of hydrogen-bond acceptors (Lipinski definition) is 3. The second kappa shape index (κ2) is 8.70. The molecule has 5 heteroatoms. The second-order valence-electron chi connectivity index (χ2n) is 4.36. The van der Waals surface area contributed by atoms with Gasteiger partial charge in [0.1, 0.15) is 5.92 Å². The van der Waals surface area contributed by atoms with Crippen LogP contribution in [0.1, 0.15) is 31.2 Å². The van der Waals surface area contributed by atoms with E-state index in [4.69, 9.17) is 5.26 Å². The smallest absolute Gasteiger partial charge is 0.241 e. The number of carbonyl (C=O) groups is 2. The van der Waals surface area contributed by atoms with Crippen LogP contribution >= 0.6 is 0 Å². The summed E-state index contributed by atoms with van der Waals surface area (Å²) in [4.78, 5) is 23.3. The predicted molar refractivity (Wildman–Crippen MR) is 75.7 cm³/mol. The van der Waals surface area contributed by atoms with Gasteiger partial charge in [-0.1, -0.05) is 37.3 Å². The summed E-state index contributed by atoms with van der Waals surface area (Å²) in [6.07, 6.45) is 1.10. The largest absolute Gasteiger partial charge is 0.356 e. The van der Waals surface area contributed by atoms with Gasteiger partial charge in [0.25, 0.3) is 0 Å². The first-order valence-electron chi connectivity index (χ1n) is 6.68. The van der Waals surface area contributed by atoms with Gasteiger partial charge in [-0.2, -0.15) is 5.26 Å². The fraction of sp³-hybridized carbons (Fsp3) is 0.400. The third-order valence-electron chi connectivity index (χ3n) is 2.75. The number of carbonyl (C=O) groups excluding carboxylic acids is 2. The topological polar surface area (TPSA) is 82.0 Å². The van der Waals surface area contributed by atoms with Gasteiger partial charge in [-0.3, -0.25) is 9.59 Å². The van der Waals surface area contributed by atoms with E-state index in [0.29, 0.717) is 12.1 Å². The molecule has 2 N–H and O–H groups in total. The maximum atomic E-state index is 11.9. The van der Waals surface area contributed by atoms with Crippen LogP contribution < -0.4 is 10.6 Å². The van der Waals surface area contributed by atoms with Crippen molar-refractivity contribution in [2.24, 2.45) is 0 Å². The van der Waals surface area contributed by atoms with Gasteiger partial charge in [-0.15, -0.1) is 0 Å². The molecule has 1 aromatic rings. The first kappa shape index (κ1) is 15.7. The quantitative estimate of drug-likeness (QED) is 0.786. The summed E-state index contributed by atoms with van der Waals surface area (Å²) in [6.45, 7) is 2.84. The van der Waals surface area contributed by atoms with Gasteiger partial charge < -0.3 is 10.6 Å². The Morgan fingerprint density at radius 3 is 2.50 bits per heavy atom. The zero-order valence-electron chi connectivity index (χ0n) is 11.6. The van der Waals surface area contributed by atoms with Crippen LogP contribution in [0.2, 0.25) is 0 Å². The number of nitriles is 1. The Kier molecular flexibility index (Phi) is 6.83. The van der Waals surface area contributed by atoms with E-state index < -0.39 is 5.92 Å². The third-order valence-corrected chi connectivity index (χ3v) is 2.75. The molecule has 20 heavy (non-hydrogen) atoms. The maximum absolute atomic E-state index is 11.9. The summed E-state index contributed by atoms with van der Waals surface area (Å²) >= 11 is 0. The van der Waals surface area contributed by atoms with Crippen LogP contribution in [-0.2, 0) is 9.59 Å². The number of rotatable bonds is 7. The molecule has 0 spiro atoms. The Balaban J connectivity index is 2.42. The van der Waals surface area contributed by atoms with E-state index in [1.54, 1.807) is 24.3 Å². The molecule has 0 aromatic heterocycles. The SMILES string of the molecule is CCCNC(=O)CCNC(=O)C(C#N)c1ccccc1. The zero-order valence-corrected chi connectivity index (χ0v) is 11.6. The van der Waals surface area contributed by atoms with Crippen LogP contribution in [0.25, 0.3) is 0 Å². The number of benzene rings is 1. The van der Waals surface area contributed by atoms with Crippen LogP contribution in [0, 0.1) is 11.3 Å². The van der Waals surface area contributed by atoms with Crippen LogP contribution in [0.4, 0.5) is 0 Å². The molecule has 0 aliphatic carbocycles. The normalized spacial score (nSPS) is 11.2. The lowest BCUT2D eigenvalue weighted by Crippen LogP contribution is -2.33. The third kappa shape index (κ3) is 5.11. The molecule has 1 rings (SSSR count). The highest BCUT2D eigenvalue weighted by Crippen LogP contribution is 2.14. The highest BCUT2D eigenvalue weighted by atomic mass is 16.2. The highest BCUT2D eigenvalue weighted by Gasteiger charge is 2.19. The molecule has 0 heterocycles. The molecule has 0 saturated carbocycles. The Labute approximate surface area is 119 Å². The Morgan fingerprint density at radius 1 is 1.20 bits per heavy atom. The molecule has 0 fully saturated rings. The van der Waals surface area contributed by atoms with E-state index in [1.165, 1.54) is 0 Å². The van der Waals surface area contributed by atoms with Crippen LogP contribution in [0.5, 0.6) is 0 Å².